The Hall–Kier alpha value is -0.290. The molecule has 3 nitrogen and oxygen atoms in total. The second-order valence-electron chi connectivity index (χ2n) is 2.59. The summed E-state index contributed by atoms with van der Waals surface area (Å²) in [6.45, 7) is 4.21. The zero-order valence-corrected chi connectivity index (χ0v) is 8.77. The molecule has 13 heavy (non-hydrogen) atoms. The van der Waals surface area contributed by atoms with Crippen LogP contribution in [0.5, 0.6) is 0 Å². The Morgan fingerprint density at radius 3 is 2.77 bits per heavy atom. The first-order valence-corrected chi connectivity index (χ1v) is 5.22. The smallest absolute Gasteiger partial charge is 0.351 e. The summed E-state index contributed by atoms with van der Waals surface area (Å²) in [6, 6.07) is 0. The number of rotatable bonds is 6. The van der Waals surface area contributed by atoms with Gasteiger partial charge >= 0.3 is 5.97 Å². The summed E-state index contributed by atoms with van der Waals surface area (Å²) >= 11 is 0.951. The maximum Gasteiger partial charge on any atom is 0.351 e. The van der Waals surface area contributed by atoms with Crippen LogP contribution in [0.3, 0.4) is 0 Å². The van der Waals surface area contributed by atoms with Crippen molar-refractivity contribution in [3.8, 4) is 0 Å². The summed E-state index contributed by atoms with van der Waals surface area (Å²) in [7, 11) is 0. The lowest BCUT2D eigenvalue weighted by atomic mass is 10.3. The topological polar surface area (TPSA) is 52.3 Å². The van der Waals surface area contributed by atoms with E-state index in [4.69, 9.17) is 5.73 Å². The maximum absolute atomic E-state index is 13.0. The van der Waals surface area contributed by atoms with Crippen molar-refractivity contribution in [2.45, 2.75) is 31.0 Å². The average molecular weight is 209 g/mol. The third-order valence-corrected chi connectivity index (χ3v) is 2.53. The van der Waals surface area contributed by atoms with Gasteiger partial charge in [0, 0.05) is 5.25 Å². The molecule has 0 aromatic carbocycles. The van der Waals surface area contributed by atoms with Crippen molar-refractivity contribution >= 4 is 17.7 Å². The van der Waals surface area contributed by atoms with Crippen LogP contribution in [0.25, 0.3) is 0 Å². The van der Waals surface area contributed by atoms with E-state index in [0.717, 1.165) is 11.8 Å². The van der Waals surface area contributed by atoms with Crippen molar-refractivity contribution in [3.63, 3.8) is 0 Å². The van der Waals surface area contributed by atoms with Crippen LogP contribution in [-0.4, -0.2) is 29.9 Å². The van der Waals surface area contributed by atoms with Gasteiger partial charge in [-0.15, -0.1) is 11.8 Å². The number of nitrogens with two attached hydrogens (primary N) is 1. The Bertz CT molecular complexity index is 157. The quantitative estimate of drug-likeness (QED) is 0.670. The largest absolute Gasteiger partial charge is 0.463 e. The zero-order chi connectivity index (χ0) is 10.3. The van der Waals surface area contributed by atoms with E-state index in [0.29, 0.717) is 13.0 Å². The summed E-state index contributed by atoms with van der Waals surface area (Å²) in [5.74, 6) is -0.795. The summed E-state index contributed by atoms with van der Waals surface area (Å²) < 4.78 is 17.5. The van der Waals surface area contributed by atoms with Crippen LogP contribution in [0.2, 0.25) is 0 Å². The highest BCUT2D eigenvalue weighted by Gasteiger charge is 2.21. The number of carbonyl (C=O) groups excluding carboxylic acids is 1. The van der Waals surface area contributed by atoms with Crippen LogP contribution in [0.4, 0.5) is 4.39 Å². The third kappa shape index (κ3) is 5.87. The lowest BCUT2D eigenvalue weighted by Gasteiger charge is -2.12. The van der Waals surface area contributed by atoms with Gasteiger partial charge in [-0.3, -0.25) is 0 Å². The fraction of sp³-hybridized carbons (Fsp3) is 0.875. The summed E-state index contributed by atoms with van der Waals surface area (Å²) in [4.78, 5) is 10.8. The summed E-state index contributed by atoms with van der Waals surface area (Å²) in [5.41, 5.74) is 3.71. The van der Waals surface area contributed by atoms with Crippen LogP contribution >= 0.6 is 11.8 Å². The fourth-order valence-corrected chi connectivity index (χ4v) is 1.63. The molecular formula is C8H16FNO2S. The van der Waals surface area contributed by atoms with E-state index in [2.05, 4.69) is 4.74 Å². The van der Waals surface area contributed by atoms with E-state index >= 15 is 0 Å². The number of ether oxygens (including phenoxy) is 1. The number of alkyl halides is 1. The summed E-state index contributed by atoms with van der Waals surface area (Å²) in [6.07, 6.45) is 0.699. The van der Waals surface area contributed by atoms with Gasteiger partial charge in [-0.1, -0.05) is 6.92 Å². The van der Waals surface area contributed by atoms with Crippen LogP contribution in [0, 0.1) is 0 Å². The molecule has 2 unspecified atom stereocenters. The van der Waals surface area contributed by atoms with Crippen LogP contribution in [0.1, 0.15) is 20.3 Å². The minimum absolute atomic E-state index is 0.0457. The average Bonchev–Trinajstić information content (AvgIpc) is 2.05. The SMILES string of the molecule is CCOC(=O)C(F)SC(C)CCN. The highest BCUT2D eigenvalue weighted by Crippen LogP contribution is 2.21. The molecule has 0 rings (SSSR count). The first kappa shape index (κ1) is 12.7. The molecule has 0 aliphatic carbocycles. The molecule has 78 valence electrons. The Kier molecular flexibility index (Phi) is 6.99. The van der Waals surface area contributed by atoms with E-state index in [1.54, 1.807) is 6.92 Å². The van der Waals surface area contributed by atoms with Gasteiger partial charge < -0.3 is 10.5 Å². The predicted octanol–water partition coefficient (Wildman–Crippen LogP) is 1.32. The molecule has 0 aliphatic heterocycles. The molecule has 0 aromatic rings. The molecule has 5 heteroatoms. The van der Waals surface area contributed by atoms with Gasteiger partial charge in [-0.25, -0.2) is 9.18 Å². The van der Waals surface area contributed by atoms with Gasteiger partial charge in [0.15, 0.2) is 0 Å². The molecule has 0 spiro atoms. The minimum Gasteiger partial charge on any atom is -0.463 e. The van der Waals surface area contributed by atoms with Crippen molar-refractivity contribution in [3.05, 3.63) is 0 Å². The van der Waals surface area contributed by atoms with E-state index in [9.17, 15) is 9.18 Å². The lowest BCUT2D eigenvalue weighted by Crippen LogP contribution is -2.19. The number of esters is 1. The monoisotopic (exact) mass is 209 g/mol. The van der Waals surface area contributed by atoms with Crippen molar-refractivity contribution < 1.29 is 13.9 Å². The molecule has 0 saturated heterocycles. The molecular weight excluding hydrogens is 193 g/mol. The van der Waals surface area contributed by atoms with E-state index in [1.165, 1.54) is 0 Å². The Morgan fingerprint density at radius 1 is 1.69 bits per heavy atom. The molecule has 0 bridgehead atoms. The highest BCUT2D eigenvalue weighted by atomic mass is 32.2. The molecule has 2 N–H and O–H groups in total. The first-order chi connectivity index (χ1) is 6.11. The Labute approximate surface area is 82.2 Å². The van der Waals surface area contributed by atoms with Crippen molar-refractivity contribution in [1.29, 1.82) is 0 Å². The van der Waals surface area contributed by atoms with Crippen molar-refractivity contribution in [1.82, 2.24) is 0 Å². The van der Waals surface area contributed by atoms with Gasteiger partial charge in [0.05, 0.1) is 6.61 Å². The van der Waals surface area contributed by atoms with Crippen molar-refractivity contribution in [2.24, 2.45) is 5.73 Å². The maximum atomic E-state index is 13.0. The van der Waals surface area contributed by atoms with Gasteiger partial charge in [-0.05, 0) is 19.9 Å². The molecule has 0 aromatic heterocycles. The van der Waals surface area contributed by atoms with Gasteiger partial charge in [0.2, 0.25) is 5.50 Å². The molecule has 2 atom stereocenters. The first-order valence-electron chi connectivity index (χ1n) is 4.28. The Morgan fingerprint density at radius 2 is 2.31 bits per heavy atom. The Balaban J connectivity index is 3.71. The second-order valence-corrected chi connectivity index (χ2v) is 4.08. The van der Waals surface area contributed by atoms with E-state index in [-0.39, 0.29) is 11.9 Å². The highest BCUT2D eigenvalue weighted by molar-refractivity contribution is 8.01. The molecule has 0 fully saturated rings. The van der Waals surface area contributed by atoms with E-state index < -0.39 is 11.5 Å². The zero-order valence-electron chi connectivity index (χ0n) is 7.96. The van der Waals surface area contributed by atoms with Crippen LogP contribution < -0.4 is 5.73 Å². The number of thioether (sulfide) groups is 1. The predicted molar refractivity (Wildman–Crippen MR) is 52.3 cm³/mol. The van der Waals surface area contributed by atoms with Gasteiger partial charge in [0.25, 0.3) is 0 Å². The number of hydrogen-bond donors (Lipinski definition) is 1. The standard InChI is InChI=1S/C8H16FNO2S/c1-3-12-8(11)7(9)13-6(2)4-5-10/h6-7H,3-5,10H2,1-2H3. The number of carbonyl (C=O) groups is 1. The number of hydrogen-bond acceptors (Lipinski definition) is 4. The molecule has 0 heterocycles. The second kappa shape index (κ2) is 7.15. The van der Waals surface area contributed by atoms with Crippen molar-refractivity contribution in [2.75, 3.05) is 13.2 Å². The lowest BCUT2D eigenvalue weighted by molar-refractivity contribution is -0.145. The summed E-state index contributed by atoms with van der Waals surface area (Å²) in [5, 5.41) is 0.0457. The third-order valence-electron chi connectivity index (χ3n) is 1.40. The normalized spacial score (nSPS) is 15.1. The fourth-order valence-electron chi connectivity index (χ4n) is 0.770. The molecule has 0 saturated carbocycles. The van der Waals surface area contributed by atoms with Crippen LogP contribution in [-0.2, 0) is 9.53 Å². The van der Waals surface area contributed by atoms with Gasteiger partial charge in [0.1, 0.15) is 0 Å². The number of halogens is 1. The molecule has 0 radical (unpaired) electrons. The molecule has 0 amide bonds. The van der Waals surface area contributed by atoms with Gasteiger partial charge in [-0.2, -0.15) is 0 Å². The van der Waals surface area contributed by atoms with E-state index in [1.807, 2.05) is 6.92 Å². The van der Waals surface area contributed by atoms with Crippen LogP contribution in [0.15, 0.2) is 0 Å². The molecule has 0 aliphatic rings. The minimum atomic E-state index is -1.58.